The molecule has 204 valence electrons. The lowest BCUT2D eigenvalue weighted by Gasteiger charge is -2.17. The lowest BCUT2D eigenvalue weighted by atomic mass is 10.3. The van der Waals surface area contributed by atoms with Crippen LogP contribution in [0.2, 0.25) is 0 Å². The Morgan fingerprint density at radius 2 is 0.788 bits per heavy atom. The standard InChI is InChI=1S/2C9H18F2O5.CH4/c10-1-7(13)4-15-6-9(3-12)16-5-8(14)2-11;10-1-7(12)3-15-5-9(14)6-16-4-8(13)2-11;/h2*7-9,12-14H,1-6H2;1H4. The van der Waals surface area contributed by atoms with Crippen LogP contribution in [0.1, 0.15) is 7.43 Å². The van der Waals surface area contributed by atoms with Crippen molar-refractivity contribution in [2.45, 2.75) is 44.1 Å². The van der Waals surface area contributed by atoms with E-state index >= 15 is 0 Å². The molecule has 14 heteroatoms. The average Bonchev–Trinajstić information content (AvgIpc) is 2.80. The van der Waals surface area contributed by atoms with Gasteiger partial charge in [-0.15, -0.1) is 0 Å². The molecule has 33 heavy (non-hydrogen) atoms. The van der Waals surface area contributed by atoms with Crippen molar-refractivity contribution in [3.63, 3.8) is 0 Å². The minimum atomic E-state index is -1.23. The molecule has 0 radical (unpaired) electrons. The number of aliphatic hydroxyl groups is 6. The smallest absolute Gasteiger partial charge is 0.118 e. The monoisotopic (exact) mass is 504 g/mol. The van der Waals surface area contributed by atoms with E-state index in [1.807, 2.05) is 0 Å². The van der Waals surface area contributed by atoms with Crippen LogP contribution in [0.5, 0.6) is 0 Å². The summed E-state index contributed by atoms with van der Waals surface area (Å²) < 4.78 is 66.5. The third-order valence-electron chi connectivity index (χ3n) is 3.30. The lowest BCUT2D eigenvalue weighted by Crippen LogP contribution is -2.30. The van der Waals surface area contributed by atoms with Crippen molar-refractivity contribution in [1.29, 1.82) is 0 Å². The fraction of sp³-hybridized carbons (Fsp3) is 1.00. The maximum absolute atomic E-state index is 11.8. The van der Waals surface area contributed by atoms with E-state index < -0.39 is 63.3 Å². The summed E-state index contributed by atoms with van der Waals surface area (Å²) >= 11 is 0. The first kappa shape index (κ1) is 36.9. The molecule has 0 amide bonds. The van der Waals surface area contributed by atoms with Crippen LogP contribution in [0.15, 0.2) is 0 Å². The zero-order chi connectivity index (χ0) is 24.8. The van der Waals surface area contributed by atoms with Gasteiger partial charge in [0.2, 0.25) is 0 Å². The van der Waals surface area contributed by atoms with Gasteiger partial charge in [0, 0.05) is 0 Å². The van der Waals surface area contributed by atoms with E-state index in [-0.39, 0.29) is 60.3 Å². The molecular formula is C19H40F4O10. The maximum atomic E-state index is 11.8. The third kappa shape index (κ3) is 25.8. The van der Waals surface area contributed by atoms with Gasteiger partial charge in [-0.2, -0.15) is 0 Å². The van der Waals surface area contributed by atoms with Gasteiger partial charge in [0.15, 0.2) is 0 Å². The quantitative estimate of drug-likeness (QED) is 0.110. The lowest BCUT2D eigenvalue weighted by molar-refractivity contribution is -0.0820. The molecule has 0 heterocycles. The Hall–Kier alpha value is -0.680. The molecule has 0 saturated heterocycles. The maximum Gasteiger partial charge on any atom is 0.118 e. The summed E-state index contributed by atoms with van der Waals surface area (Å²) in [5.74, 6) is 0. The van der Waals surface area contributed by atoms with E-state index in [0.29, 0.717) is 0 Å². The van der Waals surface area contributed by atoms with Crippen LogP contribution >= 0.6 is 0 Å². The number of halogens is 4. The zero-order valence-electron chi connectivity index (χ0n) is 17.8. The van der Waals surface area contributed by atoms with Crippen LogP contribution in [-0.4, -0.2) is 147 Å². The first-order valence-corrected chi connectivity index (χ1v) is 9.83. The highest BCUT2D eigenvalue weighted by atomic mass is 19.1. The minimum Gasteiger partial charge on any atom is -0.394 e. The SMILES string of the molecule is C.OC(CF)COCC(O)COCC(O)CF.OCC(COCC(O)CF)OCC(O)CF. The van der Waals surface area contributed by atoms with Gasteiger partial charge in [0.05, 0.1) is 52.9 Å². The fourth-order valence-corrected chi connectivity index (χ4v) is 1.64. The van der Waals surface area contributed by atoms with Crippen molar-refractivity contribution in [1.82, 2.24) is 0 Å². The molecule has 0 fully saturated rings. The third-order valence-corrected chi connectivity index (χ3v) is 3.30. The number of hydrogen-bond donors (Lipinski definition) is 6. The van der Waals surface area contributed by atoms with E-state index in [9.17, 15) is 22.7 Å². The molecule has 0 aromatic carbocycles. The first-order chi connectivity index (χ1) is 15.2. The molecule has 0 saturated carbocycles. The molecular weight excluding hydrogens is 464 g/mol. The van der Waals surface area contributed by atoms with Gasteiger partial charge in [-0.1, -0.05) is 7.43 Å². The van der Waals surface area contributed by atoms with E-state index in [1.54, 1.807) is 0 Å². The molecule has 0 aliphatic heterocycles. The number of alkyl halides is 4. The molecule has 0 bridgehead atoms. The second-order valence-corrected chi connectivity index (χ2v) is 6.64. The molecule has 0 aliphatic rings. The molecule has 0 rings (SSSR count). The summed E-state index contributed by atoms with van der Waals surface area (Å²) in [4.78, 5) is 0. The molecule has 0 spiro atoms. The van der Waals surface area contributed by atoms with E-state index in [1.165, 1.54) is 0 Å². The Morgan fingerprint density at radius 3 is 1.12 bits per heavy atom. The number of rotatable bonds is 20. The Kier molecular flexibility index (Phi) is 29.0. The van der Waals surface area contributed by atoms with Gasteiger partial charge in [0.25, 0.3) is 0 Å². The molecule has 5 unspecified atom stereocenters. The highest BCUT2D eigenvalue weighted by Crippen LogP contribution is 1.97. The molecule has 0 aliphatic carbocycles. The summed E-state index contributed by atoms with van der Waals surface area (Å²) in [5.41, 5.74) is 0. The molecule has 6 N–H and O–H groups in total. The molecule has 0 aromatic heterocycles. The van der Waals surface area contributed by atoms with Gasteiger partial charge in [-0.25, -0.2) is 17.6 Å². The van der Waals surface area contributed by atoms with Gasteiger partial charge in [0.1, 0.15) is 63.3 Å². The number of ether oxygens (including phenoxy) is 4. The minimum absolute atomic E-state index is 0. The summed E-state index contributed by atoms with van der Waals surface area (Å²) in [5, 5.41) is 53.2. The Labute approximate surface area is 191 Å². The molecule has 0 aromatic rings. The van der Waals surface area contributed by atoms with E-state index in [0.717, 1.165) is 0 Å². The van der Waals surface area contributed by atoms with Crippen molar-refractivity contribution in [2.75, 3.05) is 79.6 Å². The van der Waals surface area contributed by atoms with Crippen LogP contribution in [0.4, 0.5) is 17.6 Å². The van der Waals surface area contributed by atoms with E-state index in [2.05, 4.69) is 0 Å². The van der Waals surface area contributed by atoms with Gasteiger partial charge < -0.3 is 49.6 Å². The summed E-state index contributed by atoms with van der Waals surface area (Å²) in [6.45, 7) is -5.21. The van der Waals surface area contributed by atoms with Crippen molar-refractivity contribution in [3.05, 3.63) is 0 Å². The summed E-state index contributed by atoms with van der Waals surface area (Å²) in [6.07, 6.45) is -6.50. The predicted octanol–water partition coefficient (Wildman–Crippen LogP) is -1.28. The topological polar surface area (TPSA) is 158 Å². The predicted molar refractivity (Wildman–Crippen MR) is 110 cm³/mol. The second kappa shape index (κ2) is 25.9. The summed E-state index contributed by atoms with van der Waals surface area (Å²) in [6, 6.07) is 0. The summed E-state index contributed by atoms with van der Waals surface area (Å²) in [7, 11) is 0. The van der Waals surface area contributed by atoms with Crippen LogP contribution in [0, 0.1) is 0 Å². The Bertz CT molecular complexity index is 374. The molecule has 10 nitrogen and oxygen atoms in total. The Morgan fingerprint density at radius 1 is 0.485 bits per heavy atom. The van der Waals surface area contributed by atoms with Crippen LogP contribution in [0.25, 0.3) is 0 Å². The van der Waals surface area contributed by atoms with Gasteiger partial charge >= 0.3 is 0 Å². The van der Waals surface area contributed by atoms with E-state index in [4.69, 9.17) is 44.5 Å². The normalized spacial score (nSPS) is 16.5. The van der Waals surface area contributed by atoms with Gasteiger partial charge in [-0.05, 0) is 0 Å². The van der Waals surface area contributed by atoms with Crippen molar-refractivity contribution in [2.24, 2.45) is 0 Å². The highest BCUT2D eigenvalue weighted by Gasteiger charge is 2.13. The van der Waals surface area contributed by atoms with Crippen LogP contribution < -0.4 is 0 Å². The average molecular weight is 505 g/mol. The second-order valence-electron chi connectivity index (χ2n) is 6.64. The van der Waals surface area contributed by atoms with Crippen LogP contribution in [-0.2, 0) is 18.9 Å². The van der Waals surface area contributed by atoms with Gasteiger partial charge in [-0.3, -0.25) is 0 Å². The fourth-order valence-electron chi connectivity index (χ4n) is 1.64. The van der Waals surface area contributed by atoms with Crippen molar-refractivity contribution in [3.8, 4) is 0 Å². The van der Waals surface area contributed by atoms with Crippen LogP contribution in [0.3, 0.4) is 0 Å². The Balaban J connectivity index is -0.000000529. The molecule has 5 atom stereocenters. The van der Waals surface area contributed by atoms with Crippen molar-refractivity contribution >= 4 is 0 Å². The zero-order valence-corrected chi connectivity index (χ0v) is 17.8. The largest absolute Gasteiger partial charge is 0.394 e. The highest BCUT2D eigenvalue weighted by molar-refractivity contribution is 4.59. The van der Waals surface area contributed by atoms with Crippen molar-refractivity contribution < 1.29 is 67.1 Å². The number of hydrogen-bond acceptors (Lipinski definition) is 10. The number of aliphatic hydroxyl groups excluding tert-OH is 6. The first-order valence-electron chi connectivity index (χ1n) is 9.83.